The van der Waals surface area contributed by atoms with E-state index in [0.29, 0.717) is 10.9 Å². The second-order valence-electron chi connectivity index (χ2n) is 3.99. The summed E-state index contributed by atoms with van der Waals surface area (Å²) in [6.07, 6.45) is 2.07. The maximum absolute atomic E-state index is 10.7. The van der Waals surface area contributed by atoms with Gasteiger partial charge in [-0.05, 0) is 12.8 Å². The third kappa shape index (κ3) is 2.59. The molecule has 6 nitrogen and oxygen atoms in total. The predicted octanol–water partition coefficient (Wildman–Crippen LogP) is 1.94. The molecule has 0 aromatic carbocycles. The topological polar surface area (TPSA) is 74.7 Å². The Morgan fingerprint density at radius 3 is 3.17 bits per heavy atom. The first kappa shape index (κ1) is 12.8. The van der Waals surface area contributed by atoms with Gasteiger partial charge < -0.3 is 20.1 Å². The molecular formula is C11H14ClN3O3. The van der Waals surface area contributed by atoms with Crippen molar-refractivity contribution in [2.75, 3.05) is 18.6 Å². The van der Waals surface area contributed by atoms with Gasteiger partial charge in [-0.3, -0.25) is 0 Å². The Morgan fingerprint density at radius 2 is 2.50 bits per heavy atom. The first-order valence-corrected chi connectivity index (χ1v) is 5.95. The van der Waals surface area contributed by atoms with Gasteiger partial charge in [0.15, 0.2) is 10.9 Å². The number of halogens is 1. The zero-order valence-electron chi connectivity index (χ0n) is 9.89. The Hall–Kier alpha value is -1.69. The summed E-state index contributed by atoms with van der Waals surface area (Å²) < 4.78 is 5.10. The maximum atomic E-state index is 10.7. The van der Waals surface area contributed by atoms with Gasteiger partial charge in [-0.1, -0.05) is 11.6 Å². The van der Waals surface area contributed by atoms with Crippen LogP contribution in [0, 0.1) is 0 Å². The van der Waals surface area contributed by atoms with E-state index in [1.807, 2.05) is 4.90 Å². The first-order valence-electron chi connectivity index (χ1n) is 5.57. The minimum absolute atomic E-state index is 0.227. The van der Waals surface area contributed by atoms with Crippen LogP contribution in [-0.4, -0.2) is 36.0 Å². The fraction of sp³-hybridized carbons (Fsp3) is 0.455. The highest BCUT2D eigenvalue weighted by Crippen LogP contribution is 2.30. The van der Waals surface area contributed by atoms with Crippen molar-refractivity contribution in [3.8, 4) is 5.75 Å². The summed E-state index contributed by atoms with van der Waals surface area (Å²) in [6.45, 7) is 0.775. The van der Waals surface area contributed by atoms with E-state index in [-0.39, 0.29) is 6.17 Å². The van der Waals surface area contributed by atoms with Crippen molar-refractivity contribution in [1.29, 1.82) is 0 Å². The van der Waals surface area contributed by atoms with E-state index >= 15 is 0 Å². The van der Waals surface area contributed by atoms with Crippen molar-refractivity contribution in [1.82, 2.24) is 10.3 Å². The molecule has 1 aromatic heterocycles. The predicted molar refractivity (Wildman–Crippen MR) is 67.3 cm³/mol. The number of pyridine rings is 1. The molecule has 0 saturated carbocycles. The quantitative estimate of drug-likeness (QED) is 0.822. The number of aromatic nitrogens is 1. The number of carbonyl (C=O) groups is 1. The van der Waals surface area contributed by atoms with Gasteiger partial charge in [-0.25, -0.2) is 9.78 Å². The van der Waals surface area contributed by atoms with Crippen LogP contribution in [0.2, 0.25) is 5.15 Å². The molecule has 18 heavy (non-hydrogen) atoms. The van der Waals surface area contributed by atoms with Crippen LogP contribution in [0.1, 0.15) is 12.8 Å². The number of anilines is 1. The van der Waals surface area contributed by atoms with Crippen molar-refractivity contribution >= 4 is 23.4 Å². The molecule has 2 N–H and O–H groups in total. The van der Waals surface area contributed by atoms with Gasteiger partial charge in [0.2, 0.25) is 0 Å². The number of carboxylic acid groups (broad SMARTS) is 1. The van der Waals surface area contributed by atoms with Gasteiger partial charge in [0.25, 0.3) is 0 Å². The first-order chi connectivity index (χ1) is 8.61. The molecule has 1 atom stereocenters. The molecule has 1 aliphatic heterocycles. The lowest BCUT2D eigenvalue weighted by Gasteiger charge is -2.26. The third-order valence-electron chi connectivity index (χ3n) is 2.89. The normalized spacial score (nSPS) is 18.8. The van der Waals surface area contributed by atoms with Crippen LogP contribution in [0.4, 0.5) is 10.5 Å². The van der Waals surface area contributed by atoms with E-state index in [9.17, 15) is 4.79 Å². The van der Waals surface area contributed by atoms with Crippen LogP contribution < -0.4 is 15.0 Å². The molecule has 1 aliphatic rings. The molecule has 0 spiro atoms. The van der Waals surface area contributed by atoms with E-state index in [1.165, 1.54) is 7.11 Å². The lowest BCUT2D eigenvalue weighted by atomic mass is 10.3. The molecular weight excluding hydrogens is 258 g/mol. The van der Waals surface area contributed by atoms with Crippen LogP contribution in [0.3, 0.4) is 0 Å². The summed E-state index contributed by atoms with van der Waals surface area (Å²) in [5.41, 5.74) is 0.799. The number of amides is 1. The molecule has 98 valence electrons. The van der Waals surface area contributed by atoms with E-state index in [1.54, 1.807) is 12.3 Å². The van der Waals surface area contributed by atoms with Gasteiger partial charge in [-0.15, -0.1) is 0 Å². The number of methoxy groups -OCH3 is 1. The SMILES string of the molecule is COc1cc(N2CCCC2NC(=O)O)cnc1Cl. The Kier molecular flexibility index (Phi) is 3.76. The molecule has 1 fully saturated rings. The van der Waals surface area contributed by atoms with Crippen molar-refractivity contribution in [2.24, 2.45) is 0 Å². The number of nitrogens with one attached hydrogen (secondary N) is 1. The number of nitrogens with zero attached hydrogens (tertiary/aromatic N) is 2. The average molecular weight is 272 g/mol. The smallest absolute Gasteiger partial charge is 0.406 e. The van der Waals surface area contributed by atoms with Crippen LogP contribution >= 0.6 is 11.6 Å². The molecule has 2 heterocycles. The summed E-state index contributed by atoms with van der Waals surface area (Å²) in [6, 6.07) is 1.76. The standard InChI is InChI=1S/C11H14ClN3O3/c1-18-8-5-7(6-13-10(8)12)15-4-2-3-9(15)14-11(16)17/h5-6,9,14H,2-4H2,1H3,(H,16,17). The summed E-state index contributed by atoms with van der Waals surface area (Å²) >= 11 is 5.86. The second kappa shape index (κ2) is 5.30. The zero-order chi connectivity index (χ0) is 13.1. The molecule has 7 heteroatoms. The lowest BCUT2D eigenvalue weighted by molar-refractivity contribution is 0.190. The number of ether oxygens (including phenoxy) is 1. The average Bonchev–Trinajstić information content (AvgIpc) is 2.77. The Balaban J connectivity index is 2.21. The monoisotopic (exact) mass is 271 g/mol. The van der Waals surface area contributed by atoms with Crippen LogP contribution in [-0.2, 0) is 0 Å². The van der Waals surface area contributed by atoms with E-state index < -0.39 is 6.09 Å². The minimum Gasteiger partial charge on any atom is -0.493 e. The Bertz CT molecular complexity index is 455. The van der Waals surface area contributed by atoms with Gasteiger partial charge in [0.1, 0.15) is 6.17 Å². The summed E-state index contributed by atoms with van der Waals surface area (Å²) in [5, 5.41) is 11.6. The van der Waals surface area contributed by atoms with Gasteiger partial charge in [0, 0.05) is 12.6 Å². The molecule has 0 aliphatic carbocycles. The molecule has 1 saturated heterocycles. The van der Waals surface area contributed by atoms with Crippen LogP contribution in [0.5, 0.6) is 5.75 Å². The van der Waals surface area contributed by atoms with Gasteiger partial charge >= 0.3 is 6.09 Å². The highest BCUT2D eigenvalue weighted by Gasteiger charge is 2.26. The fourth-order valence-electron chi connectivity index (χ4n) is 2.09. The van der Waals surface area contributed by atoms with E-state index in [2.05, 4.69) is 10.3 Å². The van der Waals surface area contributed by atoms with Crippen molar-refractivity contribution in [2.45, 2.75) is 19.0 Å². The maximum Gasteiger partial charge on any atom is 0.406 e. The molecule has 2 rings (SSSR count). The fourth-order valence-corrected chi connectivity index (χ4v) is 2.27. The molecule has 1 unspecified atom stereocenters. The largest absolute Gasteiger partial charge is 0.493 e. The number of hydrogen-bond acceptors (Lipinski definition) is 4. The van der Waals surface area contributed by atoms with E-state index in [4.69, 9.17) is 21.4 Å². The van der Waals surface area contributed by atoms with Crippen molar-refractivity contribution in [3.05, 3.63) is 17.4 Å². The highest BCUT2D eigenvalue weighted by molar-refractivity contribution is 6.30. The Labute approximate surface area is 110 Å². The highest BCUT2D eigenvalue weighted by atomic mass is 35.5. The van der Waals surface area contributed by atoms with Crippen LogP contribution in [0.15, 0.2) is 12.3 Å². The molecule has 1 aromatic rings. The lowest BCUT2D eigenvalue weighted by Crippen LogP contribution is -2.43. The second-order valence-corrected chi connectivity index (χ2v) is 4.35. The van der Waals surface area contributed by atoms with Crippen molar-refractivity contribution < 1.29 is 14.6 Å². The minimum atomic E-state index is -1.03. The van der Waals surface area contributed by atoms with Gasteiger partial charge in [-0.2, -0.15) is 0 Å². The molecule has 0 radical (unpaired) electrons. The zero-order valence-corrected chi connectivity index (χ0v) is 10.6. The number of rotatable bonds is 3. The molecule has 0 bridgehead atoms. The summed E-state index contributed by atoms with van der Waals surface area (Å²) in [7, 11) is 1.52. The van der Waals surface area contributed by atoms with Crippen LogP contribution in [0.25, 0.3) is 0 Å². The van der Waals surface area contributed by atoms with Gasteiger partial charge in [0.05, 0.1) is 19.0 Å². The summed E-state index contributed by atoms with van der Waals surface area (Å²) in [4.78, 5) is 16.7. The Morgan fingerprint density at radius 1 is 1.72 bits per heavy atom. The number of hydrogen-bond donors (Lipinski definition) is 2. The third-order valence-corrected chi connectivity index (χ3v) is 3.17. The molecule has 1 amide bonds. The van der Waals surface area contributed by atoms with Crippen molar-refractivity contribution in [3.63, 3.8) is 0 Å². The summed E-state index contributed by atoms with van der Waals surface area (Å²) in [5.74, 6) is 0.482. The van der Waals surface area contributed by atoms with E-state index in [0.717, 1.165) is 25.1 Å².